The summed E-state index contributed by atoms with van der Waals surface area (Å²) >= 11 is 3.46. The molecule has 1 aliphatic heterocycles. The standard InChI is InChI=1S/C21H16BrNO3/c22-16-8-6-15-13-17(9-7-14(15)12-16)26-11-3-10-23-20(24)18-4-1-2-5-19(18)21(23)25/h1-2,4-9,12-13H,3,10-11H2. The molecule has 0 spiro atoms. The van der Waals surface area contributed by atoms with Gasteiger partial charge in [0.25, 0.3) is 11.8 Å². The number of imide groups is 1. The molecule has 130 valence electrons. The lowest BCUT2D eigenvalue weighted by Crippen LogP contribution is -2.31. The molecule has 4 nitrogen and oxygen atoms in total. The Hall–Kier alpha value is -2.66. The Morgan fingerprint density at radius 3 is 2.23 bits per heavy atom. The number of rotatable bonds is 5. The highest BCUT2D eigenvalue weighted by molar-refractivity contribution is 9.10. The highest BCUT2D eigenvalue weighted by Gasteiger charge is 2.34. The van der Waals surface area contributed by atoms with E-state index in [0.717, 1.165) is 21.0 Å². The topological polar surface area (TPSA) is 46.6 Å². The normalized spacial score (nSPS) is 13.3. The Kier molecular flexibility index (Phi) is 4.47. The molecule has 0 atom stereocenters. The number of benzene rings is 3. The summed E-state index contributed by atoms with van der Waals surface area (Å²) in [7, 11) is 0. The van der Waals surface area contributed by atoms with Crippen LogP contribution in [-0.4, -0.2) is 29.9 Å². The maximum absolute atomic E-state index is 12.3. The van der Waals surface area contributed by atoms with Gasteiger partial charge in [-0.05, 0) is 53.6 Å². The Morgan fingerprint density at radius 2 is 1.50 bits per heavy atom. The van der Waals surface area contributed by atoms with Crippen LogP contribution in [0.5, 0.6) is 5.75 Å². The van der Waals surface area contributed by atoms with Crippen molar-refractivity contribution in [3.05, 3.63) is 76.3 Å². The predicted molar refractivity (Wildman–Crippen MR) is 104 cm³/mol. The molecule has 0 aromatic heterocycles. The quantitative estimate of drug-likeness (QED) is 0.454. The van der Waals surface area contributed by atoms with E-state index in [9.17, 15) is 9.59 Å². The first-order valence-corrected chi connectivity index (χ1v) is 9.20. The zero-order valence-corrected chi connectivity index (χ0v) is 15.5. The first-order valence-electron chi connectivity index (χ1n) is 8.41. The minimum absolute atomic E-state index is 0.220. The van der Waals surface area contributed by atoms with E-state index in [1.165, 1.54) is 4.90 Å². The van der Waals surface area contributed by atoms with Crippen LogP contribution < -0.4 is 4.74 Å². The van der Waals surface area contributed by atoms with Gasteiger partial charge in [-0.15, -0.1) is 0 Å². The zero-order valence-electron chi connectivity index (χ0n) is 13.9. The highest BCUT2D eigenvalue weighted by atomic mass is 79.9. The first kappa shape index (κ1) is 16.8. The van der Waals surface area contributed by atoms with Crippen LogP contribution in [0.15, 0.2) is 65.1 Å². The SMILES string of the molecule is O=C1c2ccccc2C(=O)N1CCCOc1ccc2cc(Br)ccc2c1. The van der Waals surface area contributed by atoms with Gasteiger partial charge in [0, 0.05) is 11.0 Å². The van der Waals surface area contributed by atoms with Gasteiger partial charge < -0.3 is 4.74 Å². The van der Waals surface area contributed by atoms with Crippen LogP contribution in [0.2, 0.25) is 0 Å². The van der Waals surface area contributed by atoms with E-state index < -0.39 is 0 Å². The molecule has 3 aromatic rings. The third-order valence-corrected chi connectivity index (χ3v) is 4.94. The third-order valence-electron chi connectivity index (χ3n) is 4.45. The van der Waals surface area contributed by atoms with E-state index in [0.29, 0.717) is 30.7 Å². The molecule has 1 heterocycles. The van der Waals surface area contributed by atoms with Gasteiger partial charge in [0.1, 0.15) is 5.75 Å². The number of carbonyl (C=O) groups is 2. The summed E-state index contributed by atoms with van der Waals surface area (Å²) in [6, 6.07) is 18.9. The van der Waals surface area contributed by atoms with Crippen LogP contribution in [-0.2, 0) is 0 Å². The fourth-order valence-corrected chi connectivity index (χ4v) is 3.52. The van der Waals surface area contributed by atoms with Crippen molar-refractivity contribution in [3.63, 3.8) is 0 Å². The van der Waals surface area contributed by atoms with E-state index >= 15 is 0 Å². The Morgan fingerprint density at radius 1 is 0.846 bits per heavy atom. The maximum Gasteiger partial charge on any atom is 0.261 e. The minimum Gasteiger partial charge on any atom is -0.494 e. The van der Waals surface area contributed by atoms with Gasteiger partial charge in [0.15, 0.2) is 0 Å². The molecule has 2 amide bonds. The zero-order chi connectivity index (χ0) is 18.1. The fourth-order valence-electron chi connectivity index (χ4n) is 3.14. The van der Waals surface area contributed by atoms with Crippen molar-refractivity contribution in [2.45, 2.75) is 6.42 Å². The van der Waals surface area contributed by atoms with Crippen molar-refractivity contribution in [3.8, 4) is 5.75 Å². The molecule has 26 heavy (non-hydrogen) atoms. The number of ether oxygens (including phenoxy) is 1. The van der Waals surface area contributed by atoms with Gasteiger partial charge in [0.05, 0.1) is 17.7 Å². The van der Waals surface area contributed by atoms with E-state index in [1.807, 2.05) is 30.3 Å². The molecule has 4 rings (SSSR count). The lowest BCUT2D eigenvalue weighted by atomic mass is 10.1. The molecule has 0 saturated carbocycles. The molecule has 0 radical (unpaired) electrons. The second-order valence-corrected chi connectivity index (χ2v) is 7.08. The number of halogens is 1. The summed E-state index contributed by atoms with van der Waals surface area (Å²) < 4.78 is 6.83. The van der Waals surface area contributed by atoms with Crippen LogP contribution in [0.4, 0.5) is 0 Å². The molecule has 0 N–H and O–H groups in total. The molecular formula is C21H16BrNO3. The predicted octanol–water partition coefficient (Wildman–Crippen LogP) is 4.67. The fraction of sp³-hybridized carbons (Fsp3) is 0.143. The molecule has 0 aliphatic carbocycles. The van der Waals surface area contributed by atoms with Gasteiger partial charge in [-0.25, -0.2) is 0 Å². The van der Waals surface area contributed by atoms with E-state index in [4.69, 9.17) is 4.74 Å². The maximum atomic E-state index is 12.3. The molecule has 5 heteroatoms. The summed E-state index contributed by atoms with van der Waals surface area (Å²) in [5, 5.41) is 2.24. The number of nitrogens with zero attached hydrogens (tertiary/aromatic N) is 1. The molecule has 0 fully saturated rings. The summed E-state index contributed by atoms with van der Waals surface area (Å²) in [6.07, 6.45) is 0.587. The molecule has 0 bridgehead atoms. The van der Waals surface area contributed by atoms with Gasteiger partial charge in [-0.1, -0.05) is 40.2 Å². The molecule has 1 aliphatic rings. The Labute approximate surface area is 159 Å². The summed E-state index contributed by atoms with van der Waals surface area (Å²) in [4.78, 5) is 25.9. The summed E-state index contributed by atoms with van der Waals surface area (Å²) in [5.41, 5.74) is 0.971. The van der Waals surface area contributed by atoms with Crippen LogP contribution in [0.25, 0.3) is 10.8 Å². The Balaban J connectivity index is 1.35. The van der Waals surface area contributed by atoms with Crippen LogP contribution in [0, 0.1) is 0 Å². The van der Waals surface area contributed by atoms with Gasteiger partial charge in [0.2, 0.25) is 0 Å². The van der Waals surface area contributed by atoms with Crippen LogP contribution in [0.1, 0.15) is 27.1 Å². The highest BCUT2D eigenvalue weighted by Crippen LogP contribution is 2.25. The number of fused-ring (bicyclic) bond motifs is 2. The van der Waals surface area contributed by atoms with Crippen molar-refractivity contribution in [2.24, 2.45) is 0 Å². The second-order valence-electron chi connectivity index (χ2n) is 6.16. The smallest absolute Gasteiger partial charge is 0.261 e. The molecule has 0 saturated heterocycles. The van der Waals surface area contributed by atoms with Gasteiger partial charge in [-0.2, -0.15) is 0 Å². The average molecular weight is 410 g/mol. The third kappa shape index (κ3) is 3.10. The lowest BCUT2D eigenvalue weighted by Gasteiger charge is -2.14. The first-order chi connectivity index (χ1) is 12.6. The summed E-state index contributed by atoms with van der Waals surface area (Å²) in [5.74, 6) is 0.339. The van der Waals surface area contributed by atoms with Crippen LogP contribution in [0.3, 0.4) is 0 Å². The van der Waals surface area contributed by atoms with Crippen molar-refractivity contribution in [2.75, 3.05) is 13.2 Å². The number of hydrogen-bond acceptors (Lipinski definition) is 3. The summed E-state index contributed by atoms with van der Waals surface area (Å²) in [6.45, 7) is 0.794. The van der Waals surface area contributed by atoms with Gasteiger partial charge in [-0.3, -0.25) is 14.5 Å². The minimum atomic E-state index is -0.220. The lowest BCUT2D eigenvalue weighted by molar-refractivity contribution is 0.0647. The largest absolute Gasteiger partial charge is 0.494 e. The molecule has 3 aromatic carbocycles. The van der Waals surface area contributed by atoms with E-state index in [2.05, 4.69) is 22.0 Å². The molecule has 0 unspecified atom stereocenters. The van der Waals surface area contributed by atoms with Crippen molar-refractivity contribution in [1.29, 1.82) is 0 Å². The van der Waals surface area contributed by atoms with Crippen molar-refractivity contribution < 1.29 is 14.3 Å². The van der Waals surface area contributed by atoms with Crippen LogP contribution >= 0.6 is 15.9 Å². The Bertz CT molecular complexity index is 980. The number of carbonyl (C=O) groups excluding carboxylic acids is 2. The average Bonchev–Trinajstić information content (AvgIpc) is 2.90. The number of amides is 2. The molecular weight excluding hydrogens is 394 g/mol. The monoisotopic (exact) mass is 409 g/mol. The number of hydrogen-bond donors (Lipinski definition) is 0. The van der Waals surface area contributed by atoms with Crippen molar-refractivity contribution in [1.82, 2.24) is 4.90 Å². The van der Waals surface area contributed by atoms with E-state index in [-0.39, 0.29) is 11.8 Å². The van der Waals surface area contributed by atoms with Crippen molar-refractivity contribution >= 4 is 38.5 Å². The van der Waals surface area contributed by atoms with E-state index in [1.54, 1.807) is 24.3 Å². The van der Waals surface area contributed by atoms with Gasteiger partial charge >= 0.3 is 0 Å². The second kappa shape index (κ2) is 6.92.